The van der Waals surface area contributed by atoms with Crippen molar-refractivity contribution in [2.45, 2.75) is 19.4 Å². The summed E-state index contributed by atoms with van der Waals surface area (Å²) in [6.07, 6.45) is 2.64. The van der Waals surface area contributed by atoms with Crippen molar-refractivity contribution in [1.82, 2.24) is 9.88 Å². The van der Waals surface area contributed by atoms with Crippen molar-refractivity contribution in [1.29, 1.82) is 0 Å². The normalized spacial score (nSPS) is 17.9. The molecule has 3 heteroatoms. The van der Waals surface area contributed by atoms with Gasteiger partial charge in [0.15, 0.2) is 0 Å². The highest BCUT2D eigenvalue weighted by Gasteiger charge is 2.11. The number of rotatable bonds is 2. The highest BCUT2D eigenvalue weighted by atomic mass is 35.5. The molecule has 1 saturated heterocycles. The largest absolute Gasteiger partial charge is 0.298 e. The van der Waals surface area contributed by atoms with Gasteiger partial charge in [-0.25, -0.2) is 4.98 Å². The second-order valence-corrected chi connectivity index (χ2v) is 3.82. The fourth-order valence-corrected chi connectivity index (χ4v) is 1.89. The van der Waals surface area contributed by atoms with E-state index >= 15 is 0 Å². The van der Waals surface area contributed by atoms with Crippen LogP contribution in [0.5, 0.6) is 0 Å². The van der Waals surface area contributed by atoms with E-state index in [0.29, 0.717) is 5.15 Å². The van der Waals surface area contributed by atoms with E-state index in [2.05, 4.69) is 9.88 Å². The first-order valence-electron chi connectivity index (χ1n) is 4.68. The molecule has 0 N–H and O–H groups in total. The molecule has 0 bridgehead atoms. The van der Waals surface area contributed by atoms with E-state index in [4.69, 9.17) is 11.6 Å². The van der Waals surface area contributed by atoms with Gasteiger partial charge in [0.25, 0.3) is 0 Å². The molecule has 1 aromatic rings. The third kappa shape index (κ3) is 2.42. The fourth-order valence-electron chi connectivity index (χ4n) is 1.71. The average molecular weight is 197 g/mol. The molecule has 0 radical (unpaired) electrons. The van der Waals surface area contributed by atoms with Gasteiger partial charge in [0, 0.05) is 6.54 Å². The highest BCUT2D eigenvalue weighted by Crippen LogP contribution is 2.12. The molecule has 1 aromatic heterocycles. The van der Waals surface area contributed by atoms with Crippen LogP contribution in [0.1, 0.15) is 18.5 Å². The first-order chi connectivity index (χ1) is 6.34. The molecule has 0 atom stereocenters. The molecule has 0 aliphatic carbocycles. The SMILES string of the molecule is Clc1cccc(CN2CCCC2)n1. The summed E-state index contributed by atoms with van der Waals surface area (Å²) < 4.78 is 0. The molecular formula is C10H13ClN2. The second-order valence-electron chi connectivity index (χ2n) is 3.43. The van der Waals surface area contributed by atoms with Crippen molar-refractivity contribution in [3.05, 3.63) is 29.0 Å². The third-order valence-electron chi connectivity index (χ3n) is 2.36. The molecule has 1 aliphatic heterocycles. The van der Waals surface area contributed by atoms with Crippen LogP contribution < -0.4 is 0 Å². The lowest BCUT2D eigenvalue weighted by Gasteiger charge is -2.13. The number of nitrogens with zero attached hydrogens (tertiary/aromatic N) is 2. The molecule has 2 nitrogen and oxygen atoms in total. The molecule has 70 valence electrons. The van der Waals surface area contributed by atoms with Gasteiger partial charge >= 0.3 is 0 Å². The first-order valence-corrected chi connectivity index (χ1v) is 5.06. The minimum absolute atomic E-state index is 0.594. The summed E-state index contributed by atoms with van der Waals surface area (Å²) in [6.45, 7) is 3.35. The summed E-state index contributed by atoms with van der Waals surface area (Å²) >= 11 is 5.80. The van der Waals surface area contributed by atoms with Crippen LogP contribution >= 0.6 is 11.6 Å². The van der Waals surface area contributed by atoms with Gasteiger partial charge in [-0.05, 0) is 38.1 Å². The molecule has 1 aliphatic rings. The Labute approximate surface area is 83.5 Å². The maximum absolute atomic E-state index is 5.80. The van der Waals surface area contributed by atoms with Crippen molar-refractivity contribution < 1.29 is 0 Å². The van der Waals surface area contributed by atoms with E-state index in [1.807, 2.05) is 18.2 Å². The van der Waals surface area contributed by atoms with Crippen molar-refractivity contribution in [2.75, 3.05) is 13.1 Å². The van der Waals surface area contributed by atoms with Crippen LogP contribution in [-0.2, 0) is 6.54 Å². The second kappa shape index (κ2) is 4.07. The Morgan fingerprint density at radius 1 is 1.31 bits per heavy atom. The smallest absolute Gasteiger partial charge is 0.129 e. The minimum Gasteiger partial charge on any atom is -0.298 e. The molecule has 1 fully saturated rings. The molecule has 0 spiro atoms. The fraction of sp³-hybridized carbons (Fsp3) is 0.500. The number of likely N-dealkylation sites (tertiary alicyclic amines) is 1. The molecule has 2 rings (SSSR count). The van der Waals surface area contributed by atoms with Gasteiger partial charge in [-0.2, -0.15) is 0 Å². The number of hydrogen-bond acceptors (Lipinski definition) is 2. The van der Waals surface area contributed by atoms with Gasteiger partial charge in [0.2, 0.25) is 0 Å². The van der Waals surface area contributed by atoms with E-state index in [1.165, 1.54) is 25.9 Å². The molecule has 2 heterocycles. The monoisotopic (exact) mass is 196 g/mol. The number of halogens is 1. The van der Waals surface area contributed by atoms with E-state index in [9.17, 15) is 0 Å². The highest BCUT2D eigenvalue weighted by molar-refractivity contribution is 6.29. The zero-order valence-corrected chi connectivity index (χ0v) is 8.30. The Morgan fingerprint density at radius 2 is 2.08 bits per heavy atom. The van der Waals surface area contributed by atoms with Crippen molar-refractivity contribution in [3.8, 4) is 0 Å². The lowest BCUT2D eigenvalue weighted by atomic mass is 10.3. The van der Waals surface area contributed by atoms with Crippen LogP contribution in [0.3, 0.4) is 0 Å². The van der Waals surface area contributed by atoms with Crippen LogP contribution in [0.2, 0.25) is 5.15 Å². The predicted octanol–water partition coefficient (Wildman–Crippen LogP) is 2.33. The van der Waals surface area contributed by atoms with E-state index in [0.717, 1.165) is 12.2 Å². The van der Waals surface area contributed by atoms with Crippen LogP contribution in [0.25, 0.3) is 0 Å². The van der Waals surface area contributed by atoms with Gasteiger partial charge in [-0.15, -0.1) is 0 Å². The number of pyridine rings is 1. The maximum atomic E-state index is 5.80. The molecule has 0 amide bonds. The topological polar surface area (TPSA) is 16.1 Å². The first kappa shape index (κ1) is 8.97. The standard InChI is InChI=1S/C10H13ClN2/c11-10-5-3-4-9(12-10)8-13-6-1-2-7-13/h3-5H,1-2,6-8H2. The third-order valence-corrected chi connectivity index (χ3v) is 2.57. The average Bonchev–Trinajstić information content (AvgIpc) is 2.57. The van der Waals surface area contributed by atoms with Crippen LogP contribution in [0.15, 0.2) is 18.2 Å². The van der Waals surface area contributed by atoms with Gasteiger partial charge in [0.05, 0.1) is 5.69 Å². The Kier molecular flexibility index (Phi) is 2.81. The lowest BCUT2D eigenvalue weighted by Crippen LogP contribution is -2.18. The number of hydrogen-bond donors (Lipinski definition) is 0. The molecule has 0 saturated carbocycles. The quantitative estimate of drug-likeness (QED) is 0.675. The van der Waals surface area contributed by atoms with Crippen molar-refractivity contribution in [2.24, 2.45) is 0 Å². The predicted molar refractivity (Wildman–Crippen MR) is 53.8 cm³/mol. The van der Waals surface area contributed by atoms with Crippen molar-refractivity contribution in [3.63, 3.8) is 0 Å². The molecule has 0 aromatic carbocycles. The summed E-state index contributed by atoms with van der Waals surface area (Å²) in [7, 11) is 0. The Morgan fingerprint density at radius 3 is 2.77 bits per heavy atom. The van der Waals surface area contributed by atoms with Crippen molar-refractivity contribution >= 4 is 11.6 Å². The molecular weight excluding hydrogens is 184 g/mol. The maximum Gasteiger partial charge on any atom is 0.129 e. The van der Waals surface area contributed by atoms with E-state index < -0.39 is 0 Å². The van der Waals surface area contributed by atoms with Gasteiger partial charge < -0.3 is 0 Å². The summed E-state index contributed by atoms with van der Waals surface area (Å²) in [4.78, 5) is 6.68. The molecule has 0 unspecified atom stereocenters. The zero-order chi connectivity index (χ0) is 9.10. The summed E-state index contributed by atoms with van der Waals surface area (Å²) in [5, 5.41) is 0.594. The Hall–Kier alpha value is -0.600. The van der Waals surface area contributed by atoms with E-state index in [-0.39, 0.29) is 0 Å². The lowest BCUT2D eigenvalue weighted by molar-refractivity contribution is 0.327. The van der Waals surface area contributed by atoms with Crippen LogP contribution in [0.4, 0.5) is 0 Å². The zero-order valence-electron chi connectivity index (χ0n) is 7.54. The molecule has 13 heavy (non-hydrogen) atoms. The van der Waals surface area contributed by atoms with Crippen LogP contribution in [0, 0.1) is 0 Å². The van der Waals surface area contributed by atoms with Crippen LogP contribution in [-0.4, -0.2) is 23.0 Å². The van der Waals surface area contributed by atoms with E-state index in [1.54, 1.807) is 0 Å². The number of aromatic nitrogens is 1. The summed E-state index contributed by atoms with van der Waals surface area (Å²) in [5.41, 5.74) is 1.08. The van der Waals surface area contributed by atoms with Gasteiger partial charge in [-0.1, -0.05) is 17.7 Å². The summed E-state index contributed by atoms with van der Waals surface area (Å²) in [5.74, 6) is 0. The minimum atomic E-state index is 0.594. The Balaban J connectivity index is 2.00. The summed E-state index contributed by atoms with van der Waals surface area (Å²) in [6, 6.07) is 5.81. The van der Waals surface area contributed by atoms with Gasteiger partial charge in [-0.3, -0.25) is 4.90 Å². The van der Waals surface area contributed by atoms with Gasteiger partial charge in [0.1, 0.15) is 5.15 Å². The Bertz CT molecular complexity index is 282.